The molecular weight excluding hydrogens is 370 g/mol. The Balaban J connectivity index is 1.75. The summed E-state index contributed by atoms with van der Waals surface area (Å²) in [6.45, 7) is 1.43. The second-order valence-electron chi connectivity index (χ2n) is 5.10. The molecule has 1 aliphatic rings. The molecule has 25 heavy (non-hydrogen) atoms. The van der Waals surface area contributed by atoms with Crippen molar-refractivity contribution in [3.05, 3.63) is 24.3 Å². The van der Waals surface area contributed by atoms with Crippen LogP contribution in [0.2, 0.25) is 0 Å². The van der Waals surface area contributed by atoms with Crippen molar-refractivity contribution in [2.24, 2.45) is 0 Å². The molecule has 1 saturated heterocycles. The van der Waals surface area contributed by atoms with Crippen LogP contribution in [0, 0.1) is 0 Å². The van der Waals surface area contributed by atoms with Crippen LogP contribution < -0.4 is 0 Å². The zero-order valence-electron chi connectivity index (χ0n) is 13.0. The zero-order valence-corrected chi connectivity index (χ0v) is 14.6. The molecule has 1 aliphatic heterocycles. The van der Waals surface area contributed by atoms with Crippen LogP contribution in [-0.4, -0.2) is 66.1 Å². The van der Waals surface area contributed by atoms with Gasteiger partial charge in [0.2, 0.25) is 15.9 Å². The van der Waals surface area contributed by atoms with Crippen molar-refractivity contribution >= 4 is 27.8 Å². The maximum absolute atomic E-state index is 12.5. The van der Waals surface area contributed by atoms with E-state index in [0.29, 0.717) is 31.9 Å². The number of carboxylic acids is 1. The standard InChI is InChI=1S/C14H15N3O6S2/c18-12(19)9-24-14-16-15-13(23-14)10-1-3-11(4-2-10)25(20,21)17-5-7-22-8-6-17/h1-4H,5-9H2,(H,18,19). The van der Waals surface area contributed by atoms with E-state index in [0.717, 1.165) is 11.8 Å². The average Bonchev–Trinajstić information content (AvgIpc) is 3.10. The molecule has 1 N–H and O–H groups in total. The Kier molecular flexibility index (Phi) is 5.37. The highest BCUT2D eigenvalue weighted by Gasteiger charge is 2.26. The molecule has 0 radical (unpaired) electrons. The lowest BCUT2D eigenvalue weighted by Gasteiger charge is -2.26. The normalized spacial score (nSPS) is 16.0. The molecule has 2 aromatic rings. The van der Waals surface area contributed by atoms with Crippen LogP contribution in [0.5, 0.6) is 0 Å². The van der Waals surface area contributed by atoms with Gasteiger partial charge in [0, 0.05) is 18.7 Å². The van der Waals surface area contributed by atoms with Crippen LogP contribution in [0.15, 0.2) is 38.8 Å². The number of benzene rings is 1. The van der Waals surface area contributed by atoms with Crippen molar-refractivity contribution in [2.45, 2.75) is 10.1 Å². The minimum Gasteiger partial charge on any atom is -0.481 e. The Morgan fingerprint density at radius 2 is 1.88 bits per heavy atom. The number of hydrogen-bond acceptors (Lipinski definition) is 8. The third kappa shape index (κ3) is 4.18. The molecule has 9 nitrogen and oxygen atoms in total. The molecule has 134 valence electrons. The molecule has 1 aromatic carbocycles. The van der Waals surface area contributed by atoms with Gasteiger partial charge in [0.1, 0.15) is 5.75 Å². The highest BCUT2D eigenvalue weighted by Crippen LogP contribution is 2.25. The number of morpholine rings is 1. The summed E-state index contributed by atoms with van der Waals surface area (Å²) in [6.07, 6.45) is 0. The first-order chi connectivity index (χ1) is 12.0. The van der Waals surface area contributed by atoms with Crippen LogP contribution in [0.3, 0.4) is 0 Å². The van der Waals surface area contributed by atoms with E-state index in [1.54, 1.807) is 12.1 Å². The van der Waals surface area contributed by atoms with E-state index in [4.69, 9.17) is 14.3 Å². The maximum Gasteiger partial charge on any atom is 0.314 e. The zero-order chi connectivity index (χ0) is 17.9. The van der Waals surface area contributed by atoms with Gasteiger partial charge in [0.25, 0.3) is 5.22 Å². The van der Waals surface area contributed by atoms with Crippen LogP contribution in [0.1, 0.15) is 0 Å². The van der Waals surface area contributed by atoms with Gasteiger partial charge in [-0.2, -0.15) is 4.31 Å². The third-order valence-electron chi connectivity index (χ3n) is 3.43. The lowest BCUT2D eigenvalue weighted by molar-refractivity contribution is -0.133. The summed E-state index contributed by atoms with van der Waals surface area (Å²) >= 11 is 0.916. The molecule has 2 heterocycles. The Morgan fingerprint density at radius 1 is 1.20 bits per heavy atom. The number of carboxylic acid groups (broad SMARTS) is 1. The van der Waals surface area contributed by atoms with E-state index < -0.39 is 16.0 Å². The fourth-order valence-corrected chi connectivity index (χ4v) is 4.11. The molecule has 3 rings (SSSR count). The smallest absolute Gasteiger partial charge is 0.314 e. The van der Waals surface area contributed by atoms with Gasteiger partial charge < -0.3 is 14.3 Å². The molecule has 0 aliphatic carbocycles. The molecule has 0 saturated carbocycles. The third-order valence-corrected chi connectivity index (χ3v) is 6.15. The second-order valence-corrected chi connectivity index (χ2v) is 7.96. The van der Waals surface area contributed by atoms with E-state index in [1.807, 2.05) is 0 Å². The Hall–Kier alpha value is -1.95. The number of hydrogen-bond donors (Lipinski definition) is 1. The number of aliphatic carboxylic acids is 1. The van der Waals surface area contributed by atoms with Crippen molar-refractivity contribution in [1.82, 2.24) is 14.5 Å². The van der Waals surface area contributed by atoms with Crippen LogP contribution in [-0.2, 0) is 19.6 Å². The molecule has 1 fully saturated rings. The number of ether oxygens (including phenoxy) is 1. The van der Waals surface area contributed by atoms with Crippen LogP contribution in [0.4, 0.5) is 0 Å². The van der Waals surface area contributed by atoms with E-state index >= 15 is 0 Å². The molecule has 0 unspecified atom stereocenters. The highest BCUT2D eigenvalue weighted by atomic mass is 32.2. The molecule has 0 bridgehead atoms. The fraction of sp³-hybridized carbons (Fsp3) is 0.357. The lowest BCUT2D eigenvalue weighted by Crippen LogP contribution is -2.40. The molecule has 0 amide bonds. The minimum absolute atomic E-state index is 0.141. The number of sulfonamides is 1. The largest absolute Gasteiger partial charge is 0.481 e. The lowest BCUT2D eigenvalue weighted by atomic mass is 10.2. The Bertz CT molecular complexity index is 844. The first-order valence-corrected chi connectivity index (χ1v) is 9.76. The molecular formula is C14H15N3O6S2. The van der Waals surface area contributed by atoms with Gasteiger partial charge in [-0.25, -0.2) is 8.42 Å². The summed E-state index contributed by atoms with van der Waals surface area (Å²) in [5.41, 5.74) is 0.551. The van der Waals surface area contributed by atoms with Crippen molar-refractivity contribution in [3.8, 4) is 11.5 Å². The maximum atomic E-state index is 12.5. The van der Waals surface area contributed by atoms with Gasteiger partial charge in [0.15, 0.2) is 0 Å². The SMILES string of the molecule is O=C(O)CSc1nnc(-c2ccc(S(=O)(=O)N3CCOCC3)cc2)o1. The topological polar surface area (TPSA) is 123 Å². The van der Waals surface area contributed by atoms with Crippen LogP contribution in [0.25, 0.3) is 11.5 Å². The van der Waals surface area contributed by atoms with Gasteiger partial charge in [-0.1, -0.05) is 11.8 Å². The molecule has 11 heteroatoms. The number of nitrogens with zero attached hydrogens (tertiary/aromatic N) is 3. The van der Waals surface area contributed by atoms with E-state index in [9.17, 15) is 13.2 Å². The van der Waals surface area contributed by atoms with E-state index in [-0.39, 0.29) is 21.8 Å². The van der Waals surface area contributed by atoms with Crippen LogP contribution >= 0.6 is 11.8 Å². The van der Waals surface area contributed by atoms with Gasteiger partial charge in [-0.15, -0.1) is 10.2 Å². The van der Waals surface area contributed by atoms with E-state index in [1.165, 1.54) is 16.4 Å². The minimum atomic E-state index is -3.56. The van der Waals surface area contributed by atoms with Crippen molar-refractivity contribution in [1.29, 1.82) is 0 Å². The summed E-state index contributed by atoms with van der Waals surface area (Å²) in [6, 6.07) is 6.11. The summed E-state index contributed by atoms with van der Waals surface area (Å²) in [7, 11) is -3.56. The Labute approximate surface area is 148 Å². The summed E-state index contributed by atoms with van der Waals surface area (Å²) in [4.78, 5) is 10.7. The molecule has 0 atom stereocenters. The van der Waals surface area contributed by atoms with Gasteiger partial charge in [-0.3, -0.25) is 4.79 Å². The van der Waals surface area contributed by atoms with Gasteiger partial charge in [-0.05, 0) is 24.3 Å². The van der Waals surface area contributed by atoms with Crippen molar-refractivity contribution in [3.63, 3.8) is 0 Å². The first kappa shape index (κ1) is 17.9. The number of carbonyl (C=O) groups is 1. The summed E-state index contributed by atoms with van der Waals surface area (Å²) in [5.74, 6) is -0.969. The highest BCUT2D eigenvalue weighted by molar-refractivity contribution is 7.99. The molecule has 0 spiro atoms. The van der Waals surface area contributed by atoms with Crippen molar-refractivity contribution < 1.29 is 27.5 Å². The quantitative estimate of drug-likeness (QED) is 0.723. The van der Waals surface area contributed by atoms with Gasteiger partial charge >= 0.3 is 5.97 Å². The summed E-state index contributed by atoms with van der Waals surface area (Å²) in [5, 5.41) is 16.4. The molecule has 1 aromatic heterocycles. The number of rotatable bonds is 6. The monoisotopic (exact) mass is 385 g/mol. The number of aromatic nitrogens is 2. The second kappa shape index (κ2) is 7.52. The first-order valence-electron chi connectivity index (χ1n) is 7.33. The number of thioether (sulfide) groups is 1. The Morgan fingerprint density at radius 3 is 2.52 bits per heavy atom. The fourth-order valence-electron chi connectivity index (χ4n) is 2.21. The van der Waals surface area contributed by atoms with Crippen molar-refractivity contribution in [2.75, 3.05) is 32.1 Å². The average molecular weight is 385 g/mol. The predicted molar refractivity (Wildman–Crippen MR) is 87.7 cm³/mol. The van der Waals surface area contributed by atoms with Gasteiger partial charge in [0.05, 0.1) is 18.1 Å². The van der Waals surface area contributed by atoms with E-state index in [2.05, 4.69) is 10.2 Å². The summed E-state index contributed by atoms with van der Waals surface area (Å²) < 4.78 is 37.0. The predicted octanol–water partition coefficient (Wildman–Crippen LogP) is 0.934.